The summed E-state index contributed by atoms with van der Waals surface area (Å²) in [6, 6.07) is 3.94. The van der Waals surface area contributed by atoms with Crippen LogP contribution in [-0.2, 0) is 4.74 Å². The number of hydrogen-bond donors (Lipinski definition) is 0. The molecule has 0 bridgehead atoms. The van der Waals surface area contributed by atoms with Crippen molar-refractivity contribution in [3.63, 3.8) is 0 Å². The van der Waals surface area contributed by atoms with E-state index in [4.69, 9.17) is 9.47 Å². The van der Waals surface area contributed by atoms with Gasteiger partial charge in [0.1, 0.15) is 6.10 Å². The van der Waals surface area contributed by atoms with E-state index in [-0.39, 0.29) is 6.10 Å². The van der Waals surface area contributed by atoms with Gasteiger partial charge < -0.3 is 9.47 Å². The van der Waals surface area contributed by atoms with Gasteiger partial charge >= 0.3 is 0 Å². The van der Waals surface area contributed by atoms with E-state index in [1.807, 2.05) is 19.1 Å². The van der Waals surface area contributed by atoms with E-state index in [0.717, 1.165) is 31.9 Å². The number of nitrogens with zero attached hydrogens (tertiary/aromatic N) is 1. The van der Waals surface area contributed by atoms with Gasteiger partial charge in [-0.2, -0.15) is 0 Å². The molecule has 3 heteroatoms. The number of aromatic nitrogens is 1. The molecule has 2 rings (SSSR count). The van der Waals surface area contributed by atoms with Gasteiger partial charge in [0.25, 0.3) is 0 Å². The van der Waals surface area contributed by atoms with Crippen LogP contribution in [0.3, 0.4) is 0 Å². The molecule has 0 atom stereocenters. The van der Waals surface area contributed by atoms with Gasteiger partial charge in [0, 0.05) is 25.1 Å². The van der Waals surface area contributed by atoms with Gasteiger partial charge in [-0.05, 0) is 18.6 Å². The van der Waals surface area contributed by atoms with Crippen molar-refractivity contribution in [2.75, 3.05) is 13.2 Å². The number of aryl methyl sites for hydroxylation is 1. The third-order valence-electron chi connectivity index (χ3n) is 2.35. The molecule has 0 aromatic carbocycles. The van der Waals surface area contributed by atoms with Crippen molar-refractivity contribution < 1.29 is 9.47 Å². The predicted octanol–water partition coefficient (Wildman–Crippen LogP) is 1.95. The Morgan fingerprint density at radius 2 is 2.21 bits per heavy atom. The Morgan fingerprint density at radius 3 is 2.93 bits per heavy atom. The molecule has 0 unspecified atom stereocenters. The lowest BCUT2D eigenvalue weighted by Crippen LogP contribution is -2.26. The van der Waals surface area contributed by atoms with Crippen molar-refractivity contribution in [3.05, 3.63) is 23.9 Å². The minimum absolute atomic E-state index is 0.276. The maximum atomic E-state index is 5.74. The highest BCUT2D eigenvalue weighted by Gasteiger charge is 2.15. The third-order valence-corrected chi connectivity index (χ3v) is 2.35. The van der Waals surface area contributed by atoms with E-state index in [9.17, 15) is 0 Å². The molecule has 0 spiro atoms. The molecule has 0 amide bonds. The quantitative estimate of drug-likeness (QED) is 0.719. The Bertz CT molecular complexity index is 295. The van der Waals surface area contributed by atoms with Crippen LogP contribution in [0.2, 0.25) is 0 Å². The smallest absolute Gasteiger partial charge is 0.213 e. The number of hydrogen-bond acceptors (Lipinski definition) is 3. The lowest BCUT2D eigenvalue weighted by molar-refractivity contribution is 0.0237. The van der Waals surface area contributed by atoms with Crippen molar-refractivity contribution in [3.8, 4) is 5.88 Å². The van der Waals surface area contributed by atoms with Crippen molar-refractivity contribution in [1.29, 1.82) is 0 Å². The average molecular weight is 193 g/mol. The average Bonchev–Trinajstić information content (AvgIpc) is 2.19. The van der Waals surface area contributed by atoms with Crippen LogP contribution < -0.4 is 4.74 Å². The number of ether oxygens (including phenoxy) is 2. The summed E-state index contributed by atoms with van der Waals surface area (Å²) in [7, 11) is 0. The highest BCUT2D eigenvalue weighted by molar-refractivity contribution is 5.18. The Kier molecular flexibility index (Phi) is 2.99. The zero-order valence-electron chi connectivity index (χ0n) is 8.40. The second-order valence-electron chi connectivity index (χ2n) is 3.60. The summed E-state index contributed by atoms with van der Waals surface area (Å²) in [5.41, 5.74) is 1.18. The van der Waals surface area contributed by atoms with E-state index in [0.29, 0.717) is 0 Å². The fraction of sp³-hybridized carbons (Fsp3) is 0.545. The van der Waals surface area contributed by atoms with Crippen LogP contribution in [0.15, 0.2) is 18.3 Å². The Labute approximate surface area is 84.1 Å². The molecular formula is C11H15NO2. The second-order valence-corrected chi connectivity index (χ2v) is 3.60. The monoisotopic (exact) mass is 193 g/mol. The molecular weight excluding hydrogens is 178 g/mol. The van der Waals surface area contributed by atoms with E-state index < -0.39 is 0 Å². The Balaban J connectivity index is 1.95. The molecule has 76 valence electrons. The summed E-state index contributed by atoms with van der Waals surface area (Å²) in [5, 5.41) is 0. The molecule has 0 radical (unpaired) electrons. The first-order chi connectivity index (χ1) is 6.84. The highest BCUT2D eigenvalue weighted by atomic mass is 16.5. The van der Waals surface area contributed by atoms with Crippen molar-refractivity contribution in [2.24, 2.45) is 0 Å². The maximum Gasteiger partial charge on any atom is 0.213 e. The first kappa shape index (κ1) is 9.46. The summed E-state index contributed by atoms with van der Waals surface area (Å²) in [6.45, 7) is 3.64. The molecule has 0 N–H and O–H groups in total. The molecule has 1 aliphatic heterocycles. The molecule has 1 aliphatic rings. The lowest BCUT2D eigenvalue weighted by Gasteiger charge is -2.22. The first-order valence-corrected chi connectivity index (χ1v) is 5.01. The Morgan fingerprint density at radius 1 is 1.43 bits per heavy atom. The molecule has 2 heterocycles. The van der Waals surface area contributed by atoms with Crippen molar-refractivity contribution in [2.45, 2.75) is 25.9 Å². The van der Waals surface area contributed by atoms with Crippen LogP contribution in [0, 0.1) is 6.92 Å². The summed E-state index contributed by atoms with van der Waals surface area (Å²) in [5.74, 6) is 0.733. The van der Waals surface area contributed by atoms with Crippen LogP contribution in [-0.4, -0.2) is 24.3 Å². The molecule has 1 saturated heterocycles. The van der Waals surface area contributed by atoms with Gasteiger partial charge in [-0.1, -0.05) is 0 Å². The molecule has 14 heavy (non-hydrogen) atoms. The van der Waals surface area contributed by atoms with Crippen molar-refractivity contribution in [1.82, 2.24) is 4.98 Å². The number of rotatable bonds is 2. The summed E-state index contributed by atoms with van der Waals surface area (Å²) in [6.07, 6.45) is 3.99. The van der Waals surface area contributed by atoms with Crippen molar-refractivity contribution >= 4 is 0 Å². The van der Waals surface area contributed by atoms with Gasteiger partial charge in [-0.25, -0.2) is 4.98 Å². The summed E-state index contributed by atoms with van der Waals surface area (Å²) >= 11 is 0. The topological polar surface area (TPSA) is 31.4 Å². The van der Waals surface area contributed by atoms with E-state index >= 15 is 0 Å². The van der Waals surface area contributed by atoms with Crippen LogP contribution in [0.25, 0.3) is 0 Å². The molecule has 1 fully saturated rings. The second kappa shape index (κ2) is 4.42. The van der Waals surface area contributed by atoms with E-state index in [1.54, 1.807) is 6.20 Å². The van der Waals surface area contributed by atoms with Gasteiger partial charge in [0.15, 0.2) is 0 Å². The normalized spacial score (nSPS) is 18.1. The van der Waals surface area contributed by atoms with Gasteiger partial charge in [-0.3, -0.25) is 0 Å². The molecule has 1 aromatic rings. The first-order valence-electron chi connectivity index (χ1n) is 5.01. The number of pyridine rings is 1. The molecule has 0 aliphatic carbocycles. The van der Waals surface area contributed by atoms with Gasteiger partial charge in [0.2, 0.25) is 5.88 Å². The fourth-order valence-electron chi connectivity index (χ4n) is 1.54. The SMILES string of the molecule is Cc1ccnc(OC2CCOCC2)c1. The van der Waals surface area contributed by atoms with E-state index in [1.165, 1.54) is 5.56 Å². The summed E-state index contributed by atoms with van der Waals surface area (Å²) in [4.78, 5) is 4.17. The Hall–Kier alpha value is -1.09. The van der Waals surface area contributed by atoms with Crippen LogP contribution in [0.4, 0.5) is 0 Å². The maximum absolute atomic E-state index is 5.74. The molecule has 0 saturated carbocycles. The van der Waals surface area contributed by atoms with Gasteiger partial charge in [0.05, 0.1) is 13.2 Å². The summed E-state index contributed by atoms with van der Waals surface area (Å²) < 4.78 is 11.0. The molecule has 1 aromatic heterocycles. The van der Waals surface area contributed by atoms with Crippen LogP contribution in [0.5, 0.6) is 5.88 Å². The third kappa shape index (κ3) is 2.45. The van der Waals surface area contributed by atoms with E-state index in [2.05, 4.69) is 4.98 Å². The minimum atomic E-state index is 0.276. The van der Waals surface area contributed by atoms with Gasteiger partial charge in [-0.15, -0.1) is 0 Å². The molecule has 3 nitrogen and oxygen atoms in total. The lowest BCUT2D eigenvalue weighted by atomic mass is 10.1. The zero-order chi connectivity index (χ0) is 9.80. The minimum Gasteiger partial charge on any atom is -0.474 e. The van der Waals surface area contributed by atoms with Crippen LogP contribution >= 0.6 is 0 Å². The largest absolute Gasteiger partial charge is 0.474 e. The fourth-order valence-corrected chi connectivity index (χ4v) is 1.54. The predicted molar refractivity (Wildman–Crippen MR) is 53.4 cm³/mol. The zero-order valence-corrected chi connectivity index (χ0v) is 8.40. The van der Waals surface area contributed by atoms with Crippen LogP contribution in [0.1, 0.15) is 18.4 Å². The standard InChI is InChI=1S/C11H15NO2/c1-9-2-5-12-11(8-9)14-10-3-6-13-7-4-10/h2,5,8,10H,3-4,6-7H2,1H3. The highest BCUT2D eigenvalue weighted by Crippen LogP contribution is 2.16.